The van der Waals surface area contributed by atoms with Crippen molar-refractivity contribution in [2.45, 2.75) is 25.9 Å². The molecule has 1 N–H and O–H groups in total. The summed E-state index contributed by atoms with van der Waals surface area (Å²) in [5.74, 6) is 0.805. The van der Waals surface area contributed by atoms with Gasteiger partial charge in [0.15, 0.2) is 0 Å². The Bertz CT molecular complexity index is 806. The third kappa shape index (κ3) is 5.97. The molecule has 26 heavy (non-hydrogen) atoms. The highest BCUT2D eigenvalue weighted by molar-refractivity contribution is 7.09. The number of benzene rings is 1. The summed E-state index contributed by atoms with van der Waals surface area (Å²) < 4.78 is 5.64. The maximum absolute atomic E-state index is 11.9. The van der Waals surface area contributed by atoms with Crippen LogP contribution in [0.15, 0.2) is 60.2 Å². The van der Waals surface area contributed by atoms with Crippen molar-refractivity contribution < 1.29 is 9.53 Å². The zero-order valence-corrected chi connectivity index (χ0v) is 15.2. The van der Waals surface area contributed by atoms with Crippen LogP contribution in [0.1, 0.15) is 22.7 Å². The normalized spacial score (nSPS) is 10.5. The quantitative estimate of drug-likeness (QED) is 0.629. The van der Waals surface area contributed by atoms with E-state index in [1.807, 2.05) is 47.8 Å². The lowest BCUT2D eigenvalue weighted by molar-refractivity contribution is -0.121. The third-order valence-electron chi connectivity index (χ3n) is 3.78. The van der Waals surface area contributed by atoms with Crippen LogP contribution in [-0.4, -0.2) is 22.4 Å². The minimum absolute atomic E-state index is 0.0733. The van der Waals surface area contributed by atoms with Crippen LogP contribution in [0.2, 0.25) is 0 Å². The Labute approximate surface area is 157 Å². The number of carbonyl (C=O) groups is 1. The average Bonchev–Trinajstić information content (AvgIpc) is 3.14. The standard InChI is InChI=1S/C20H21N3O2S/c24-19(9-8-16-5-2-1-3-6-16)22-12-10-17-15-26-20(23-17)14-25-18-7-4-11-21-13-18/h1-7,11,13,15H,8-10,12,14H2,(H,22,24). The molecule has 0 unspecified atom stereocenters. The molecule has 0 saturated heterocycles. The fourth-order valence-electron chi connectivity index (χ4n) is 2.43. The van der Waals surface area contributed by atoms with E-state index in [1.54, 1.807) is 23.7 Å². The van der Waals surface area contributed by atoms with Crippen LogP contribution >= 0.6 is 11.3 Å². The minimum atomic E-state index is 0.0733. The van der Waals surface area contributed by atoms with Gasteiger partial charge in [0, 0.05) is 31.0 Å². The predicted octanol–water partition coefficient (Wildman–Crippen LogP) is 3.41. The summed E-state index contributed by atoms with van der Waals surface area (Å²) in [6.45, 7) is 1.03. The SMILES string of the molecule is O=C(CCc1ccccc1)NCCc1csc(COc2cccnc2)n1. The molecule has 5 nitrogen and oxygen atoms in total. The summed E-state index contributed by atoms with van der Waals surface area (Å²) in [6, 6.07) is 13.7. The van der Waals surface area contributed by atoms with Gasteiger partial charge in [0.25, 0.3) is 0 Å². The molecule has 0 radical (unpaired) electrons. The van der Waals surface area contributed by atoms with Gasteiger partial charge in [-0.25, -0.2) is 4.98 Å². The van der Waals surface area contributed by atoms with Gasteiger partial charge >= 0.3 is 0 Å². The molecule has 2 heterocycles. The van der Waals surface area contributed by atoms with Crippen LogP contribution in [0.5, 0.6) is 5.75 Å². The molecular weight excluding hydrogens is 346 g/mol. The van der Waals surface area contributed by atoms with Gasteiger partial charge in [0.1, 0.15) is 17.4 Å². The second kappa shape index (κ2) is 9.68. The number of hydrogen-bond acceptors (Lipinski definition) is 5. The van der Waals surface area contributed by atoms with Crippen LogP contribution in [0.3, 0.4) is 0 Å². The van der Waals surface area contributed by atoms with Crippen molar-refractivity contribution in [2.75, 3.05) is 6.54 Å². The molecule has 3 aromatic rings. The molecule has 0 atom stereocenters. The van der Waals surface area contributed by atoms with Crippen molar-refractivity contribution in [3.8, 4) is 5.75 Å². The first-order valence-electron chi connectivity index (χ1n) is 8.56. The number of nitrogens with zero attached hydrogens (tertiary/aromatic N) is 2. The largest absolute Gasteiger partial charge is 0.485 e. The number of hydrogen-bond donors (Lipinski definition) is 1. The van der Waals surface area contributed by atoms with E-state index in [0.29, 0.717) is 19.6 Å². The van der Waals surface area contributed by atoms with E-state index in [2.05, 4.69) is 15.3 Å². The van der Waals surface area contributed by atoms with Gasteiger partial charge in [0.05, 0.1) is 11.9 Å². The van der Waals surface area contributed by atoms with E-state index in [9.17, 15) is 4.79 Å². The van der Waals surface area contributed by atoms with Crippen LogP contribution in [0, 0.1) is 0 Å². The highest BCUT2D eigenvalue weighted by Gasteiger charge is 2.05. The topological polar surface area (TPSA) is 64.1 Å². The molecule has 0 fully saturated rings. The molecule has 0 spiro atoms. The fraction of sp³-hybridized carbons (Fsp3) is 0.250. The Morgan fingerprint density at radius 3 is 2.81 bits per heavy atom. The molecule has 0 aliphatic rings. The molecule has 1 aromatic carbocycles. The number of thiazole rings is 1. The lowest BCUT2D eigenvalue weighted by Crippen LogP contribution is -2.25. The molecule has 6 heteroatoms. The van der Waals surface area contributed by atoms with Crippen LogP contribution in [-0.2, 0) is 24.2 Å². The van der Waals surface area contributed by atoms with Crippen LogP contribution in [0.25, 0.3) is 0 Å². The first kappa shape index (κ1) is 18.1. The van der Waals surface area contributed by atoms with Gasteiger partial charge in [-0.1, -0.05) is 30.3 Å². The van der Waals surface area contributed by atoms with E-state index >= 15 is 0 Å². The van der Waals surface area contributed by atoms with Gasteiger partial charge in [-0.3, -0.25) is 9.78 Å². The highest BCUT2D eigenvalue weighted by atomic mass is 32.1. The summed E-state index contributed by atoms with van der Waals surface area (Å²) in [5, 5.41) is 5.88. The van der Waals surface area contributed by atoms with Crippen LogP contribution in [0.4, 0.5) is 0 Å². The van der Waals surface area contributed by atoms with Crippen molar-refractivity contribution >= 4 is 17.2 Å². The van der Waals surface area contributed by atoms with Crippen LogP contribution < -0.4 is 10.1 Å². The molecule has 0 bridgehead atoms. The first-order valence-corrected chi connectivity index (χ1v) is 9.44. The summed E-state index contributed by atoms with van der Waals surface area (Å²) in [5.41, 5.74) is 2.16. The number of aromatic nitrogens is 2. The molecule has 0 saturated carbocycles. The van der Waals surface area contributed by atoms with Crippen molar-refractivity contribution in [3.05, 3.63) is 76.5 Å². The van der Waals surface area contributed by atoms with E-state index in [1.165, 1.54) is 5.56 Å². The van der Waals surface area contributed by atoms with E-state index < -0.39 is 0 Å². The number of ether oxygens (including phenoxy) is 1. The molecule has 0 aliphatic carbocycles. The Morgan fingerprint density at radius 1 is 1.12 bits per heavy atom. The van der Waals surface area contributed by atoms with Crippen molar-refractivity contribution in [1.29, 1.82) is 0 Å². The van der Waals surface area contributed by atoms with Crippen molar-refractivity contribution in [3.63, 3.8) is 0 Å². The highest BCUT2D eigenvalue weighted by Crippen LogP contribution is 2.14. The van der Waals surface area contributed by atoms with E-state index in [-0.39, 0.29) is 5.91 Å². The average molecular weight is 367 g/mol. The Kier molecular flexibility index (Phi) is 6.73. The first-order chi connectivity index (χ1) is 12.8. The summed E-state index contributed by atoms with van der Waals surface area (Å²) in [7, 11) is 0. The van der Waals surface area contributed by atoms with E-state index in [4.69, 9.17) is 4.74 Å². The fourth-order valence-corrected chi connectivity index (χ4v) is 3.17. The number of aryl methyl sites for hydroxylation is 1. The number of carbonyl (C=O) groups excluding carboxylic acids is 1. The monoisotopic (exact) mass is 367 g/mol. The summed E-state index contributed by atoms with van der Waals surface area (Å²) >= 11 is 1.57. The second-order valence-corrected chi connectivity index (χ2v) is 6.74. The molecule has 134 valence electrons. The molecule has 3 rings (SSSR count). The number of amides is 1. The van der Waals surface area contributed by atoms with Crippen molar-refractivity contribution in [2.24, 2.45) is 0 Å². The van der Waals surface area contributed by atoms with Crippen molar-refractivity contribution in [1.82, 2.24) is 15.3 Å². The van der Waals surface area contributed by atoms with E-state index in [0.717, 1.165) is 29.3 Å². The summed E-state index contributed by atoms with van der Waals surface area (Å²) in [4.78, 5) is 20.5. The predicted molar refractivity (Wildman–Crippen MR) is 102 cm³/mol. The third-order valence-corrected chi connectivity index (χ3v) is 4.65. The Balaban J connectivity index is 1.34. The maximum Gasteiger partial charge on any atom is 0.220 e. The van der Waals surface area contributed by atoms with Gasteiger partial charge in [-0.2, -0.15) is 0 Å². The lowest BCUT2D eigenvalue weighted by Gasteiger charge is -2.04. The maximum atomic E-state index is 11.9. The lowest BCUT2D eigenvalue weighted by atomic mass is 10.1. The molecular formula is C20H21N3O2S. The number of pyridine rings is 1. The van der Waals surface area contributed by atoms with Gasteiger partial charge < -0.3 is 10.1 Å². The minimum Gasteiger partial charge on any atom is -0.485 e. The Hall–Kier alpha value is -2.73. The molecule has 0 aliphatic heterocycles. The van der Waals surface area contributed by atoms with Gasteiger partial charge in [-0.15, -0.1) is 11.3 Å². The zero-order chi connectivity index (χ0) is 18.0. The molecule has 1 amide bonds. The number of rotatable bonds is 9. The smallest absolute Gasteiger partial charge is 0.220 e. The Morgan fingerprint density at radius 2 is 2.00 bits per heavy atom. The van der Waals surface area contributed by atoms with Gasteiger partial charge in [0.2, 0.25) is 5.91 Å². The second-order valence-electron chi connectivity index (χ2n) is 5.80. The molecule has 2 aromatic heterocycles. The zero-order valence-electron chi connectivity index (χ0n) is 14.4. The van der Waals surface area contributed by atoms with Gasteiger partial charge in [-0.05, 0) is 24.1 Å². The summed E-state index contributed by atoms with van der Waals surface area (Å²) in [6.07, 6.45) is 5.38. The number of nitrogens with one attached hydrogen (secondary N) is 1.